The van der Waals surface area contributed by atoms with Crippen LogP contribution in [-0.4, -0.2) is 0 Å². The zero-order chi connectivity index (χ0) is 20.4. The molecule has 0 atom stereocenters. The fourth-order valence-corrected chi connectivity index (χ4v) is 3.13. The van der Waals surface area contributed by atoms with Crippen molar-refractivity contribution in [1.82, 2.24) is 0 Å². The van der Waals surface area contributed by atoms with Crippen molar-refractivity contribution in [3.63, 3.8) is 0 Å². The van der Waals surface area contributed by atoms with Crippen LogP contribution in [0.15, 0.2) is 105 Å². The molecule has 140 valence electrons. The van der Waals surface area contributed by atoms with Crippen molar-refractivity contribution < 1.29 is 0 Å². The Labute approximate surface area is 169 Å². The van der Waals surface area contributed by atoms with Gasteiger partial charge in [-0.2, -0.15) is 0 Å². The Morgan fingerprint density at radius 2 is 1.57 bits per heavy atom. The molecule has 0 aliphatic heterocycles. The van der Waals surface area contributed by atoms with Gasteiger partial charge in [0.05, 0.1) is 0 Å². The average Bonchev–Trinajstić information content (AvgIpc) is 2.72. The third-order valence-electron chi connectivity index (χ3n) is 4.44. The lowest BCUT2D eigenvalue weighted by Crippen LogP contribution is -1.93. The summed E-state index contributed by atoms with van der Waals surface area (Å²) in [5, 5.41) is 0. The van der Waals surface area contributed by atoms with Crippen LogP contribution in [0.1, 0.15) is 29.2 Å². The van der Waals surface area contributed by atoms with Gasteiger partial charge in [0.2, 0.25) is 0 Å². The van der Waals surface area contributed by atoms with Crippen LogP contribution in [0.5, 0.6) is 0 Å². The van der Waals surface area contributed by atoms with Crippen LogP contribution in [0.25, 0.3) is 28.9 Å². The lowest BCUT2D eigenvalue weighted by atomic mass is 9.89. The number of benzene rings is 1. The first-order valence-corrected chi connectivity index (χ1v) is 9.44. The molecule has 0 nitrogen and oxygen atoms in total. The van der Waals surface area contributed by atoms with Gasteiger partial charge in [-0.3, -0.25) is 0 Å². The first kappa shape index (κ1) is 20.9. The topological polar surface area (TPSA) is 0 Å². The van der Waals surface area contributed by atoms with Crippen molar-refractivity contribution in [2.75, 3.05) is 0 Å². The number of hydrogen-bond acceptors (Lipinski definition) is 0. The van der Waals surface area contributed by atoms with Crippen molar-refractivity contribution in [2.45, 2.75) is 13.8 Å². The van der Waals surface area contributed by atoms with Gasteiger partial charge in [-0.05, 0) is 47.2 Å². The van der Waals surface area contributed by atoms with Crippen molar-refractivity contribution in [1.29, 1.82) is 0 Å². The normalized spacial score (nSPS) is 11.0. The molecular weight excluding hydrogens is 336 g/mol. The highest BCUT2D eigenvalue weighted by Gasteiger charge is 2.11. The third kappa shape index (κ3) is 5.08. The van der Waals surface area contributed by atoms with E-state index in [1.165, 1.54) is 5.56 Å². The number of aryl methyl sites for hydroxylation is 1. The molecule has 2 aromatic rings. The highest BCUT2D eigenvalue weighted by Crippen LogP contribution is 2.33. The van der Waals surface area contributed by atoms with Gasteiger partial charge in [0.15, 0.2) is 0 Å². The number of allylic oxidation sites excluding steroid dienone is 5. The molecule has 2 rings (SSSR count). The van der Waals surface area contributed by atoms with Crippen LogP contribution in [0, 0.1) is 6.92 Å². The summed E-state index contributed by atoms with van der Waals surface area (Å²) in [6, 6.07) is 21.0. The zero-order valence-corrected chi connectivity index (χ0v) is 16.9. The van der Waals surface area contributed by atoms with Crippen LogP contribution in [-0.2, 0) is 0 Å². The summed E-state index contributed by atoms with van der Waals surface area (Å²) in [7, 11) is 0. The molecule has 0 aliphatic rings. The smallest absolute Gasteiger partial charge is 0.00272 e. The molecule has 0 heteroatoms. The van der Waals surface area contributed by atoms with Crippen LogP contribution in [0.4, 0.5) is 0 Å². The molecule has 28 heavy (non-hydrogen) atoms. The van der Waals surface area contributed by atoms with Crippen molar-refractivity contribution in [3.05, 3.63) is 127 Å². The monoisotopic (exact) mass is 364 g/mol. The molecule has 0 N–H and O–H groups in total. The van der Waals surface area contributed by atoms with Gasteiger partial charge in [-0.1, -0.05) is 122 Å². The molecule has 0 unspecified atom stereocenters. The van der Waals surface area contributed by atoms with Gasteiger partial charge in [0.1, 0.15) is 0 Å². The maximum Gasteiger partial charge on any atom is -0.00272 e. The predicted octanol–water partition coefficient (Wildman–Crippen LogP) is 8.22. The number of hydrogen-bond donors (Lipinski definition) is 0. The maximum absolute atomic E-state index is 4.11. The van der Waals surface area contributed by atoms with E-state index in [0.29, 0.717) is 0 Å². The number of rotatable bonds is 6. The highest BCUT2D eigenvalue weighted by atomic mass is 14.1. The van der Waals surface area contributed by atoms with E-state index in [1.807, 2.05) is 43.4 Å². The Kier molecular flexibility index (Phi) is 7.99. The van der Waals surface area contributed by atoms with Gasteiger partial charge in [-0.15, -0.1) is 0 Å². The van der Waals surface area contributed by atoms with E-state index in [0.717, 1.165) is 33.4 Å². The van der Waals surface area contributed by atoms with Crippen molar-refractivity contribution in [3.8, 4) is 11.1 Å². The summed E-state index contributed by atoms with van der Waals surface area (Å²) in [5.41, 5.74) is 7.69. The van der Waals surface area contributed by atoms with Gasteiger partial charge in [-0.25, -0.2) is 0 Å². The summed E-state index contributed by atoms with van der Waals surface area (Å²) >= 11 is 0. The van der Waals surface area contributed by atoms with Crippen LogP contribution >= 0.6 is 0 Å². The van der Waals surface area contributed by atoms with E-state index in [9.17, 15) is 0 Å². The second kappa shape index (κ2) is 10.7. The van der Waals surface area contributed by atoms with E-state index in [1.54, 1.807) is 0 Å². The van der Waals surface area contributed by atoms with E-state index in [-0.39, 0.29) is 0 Å². The maximum atomic E-state index is 4.11. The molecule has 0 aliphatic carbocycles. The SMILES string of the molecule is C=C/C=C(\C=C/C)c1c(-c2ccccc2)ccc(C)cccc(C=C)c1C=C. The first-order valence-electron chi connectivity index (χ1n) is 9.44. The molecule has 0 heterocycles. The van der Waals surface area contributed by atoms with E-state index < -0.39 is 0 Å². The molecular formula is C28H28. The summed E-state index contributed by atoms with van der Waals surface area (Å²) in [5.74, 6) is 0. The molecule has 0 radical (unpaired) electrons. The molecule has 0 amide bonds. The van der Waals surface area contributed by atoms with Crippen LogP contribution in [0.3, 0.4) is 0 Å². The van der Waals surface area contributed by atoms with Crippen molar-refractivity contribution >= 4 is 17.7 Å². The first-order chi connectivity index (χ1) is 13.7. The second-order valence-corrected chi connectivity index (χ2v) is 6.39. The standard InChI is InChI=1S/C28H28/c1-6-14-25(15-7-2)28-26(9-4)23(8-3)19-13-16-22(5)20-21-27(28)24-17-11-10-12-18-24/h6-21H,1,3-4H2,2,5H3/b15-7-,16-13?,19-13?,21-20?,22-16?,22-20?,23-19?,25-14+,26-23?,27-21?,28-26?,28-27?. The molecule has 2 aromatic carbocycles. The minimum atomic E-state index is 1.03. The molecule has 0 fully saturated rings. The summed E-state index contributed by atoms with van der Waals surface area (Å²) in [4.78, 5) is 0. The summed E-state index contributed by atoms with van der Waals surface area (Å²) in [6.07, 6.45) is 11.8. The molecule has 0 saturated heterocycles. The van der Waals surface area contributed by atoms with E-state index in [2.05, 4.69) is 87.3 Å². The molecule has 0 spiro atoms. The fraction of sp³-hybridized carbons (Fsp3) is 0.0714. The Morgan fingerprint density at radius 3 is 2.18 bits per heavy atom. The van der Waals surface area contributed by atoms with E-state index >= 15 is 0 Å². The Balaban J connectivity index is 3.19. The largest absolute Gasteiger partial charge is 0.0990 e. The molecule has 0 bridgehead atoms. The van der Waals surface area contributed by atoms with E-state index in [4.69, 9.17) is 0 Å². The quantitative estimate of drug-likeness (QED) is 0.453. The lowest BCUT2D eigenvalue weighted by Gasteiger charge is -2.15. The zero-order valence-electron chi connectivity index (χ0n) is 16.9. The molecule has 0 saturated carbocycles. The Hall–Kier alpha value is -3.38. The van der Waals surface area contributed by atoms with Gasteiger partial charge in [0.25, 0.3) is 0 Å². The van der Waals surface area contributed by atoms with Gasteiger partial charge >= 0.3 is 0 Å². The second-order valence-electron chi connectivity index (χ2n) is 6.39. The third-order valence-corrected chi connectivity index (χ3v) is 4.44. The minimum Gasteiger partial charge on any atom is -0.0990 e. The van der Waals surface area contributed by atoms with Crippen molar-refractivity contribution in [2.24, 2.45) is 0 Å². The fourth-order valence-electron chi connectivity index (χ4n) is 3.13. The average molecular weight is 365 g/mol. The molecule has 0 aromatic heterocycles. The highest BCUT2D eigenvalue weighted by molar-refractivity contribution is 5.91. The summed E-state index contributed by atoms with van der Waals surface area (Å²) in [6.45, 7) is 16.2. The van der Waals surface area contributed by atoms with Crippen LogP contribution < -0.4 is 0 Å². The Morgan fingerprint density at radius 1 is 0.821 bits per heavy atom. The minimum absolute atomic E-state index is 1.03. The van der Waals surface area contributed by atoms with Gasteiger partial charge < -0.3 is 0 Å². The summed E-state index contributed by atoms with van der Waals surface area (Å²) < 4.78 is 0. The van der Waals surface area contributed by atoms with Crippen LogP contribution in [0.2, 0.25) is 0 Å². The predicted molar refractivity (Wildman–Crippen MR) is 127 cm³/mol. The van der Waals surface area contributed by atoms with Gasteiger partial charge in [0, 0.05) is 0 Å². The Bertz CT molecular complexity index is 968. The lowest BCUT2D eigenvalue weighted by molar-refractivity contribution is 1.47.